The minimum atomic E-state index is -4.44. The van der Waals surface area contributed by atoms with Gasteiger partial charge in [-0.2, -0.15) is 13.2 Å². The summed E-state index contributed by atoms with van der Waals surface area (Å²) in [4.78, 5) is 13.4. The summed E-state index contributed by atoms with van der Waals surface area (Å²) in [5.74, 6) is 0. The third-order valence-corrected chi connectivity index (χ3v) is 4.78. The Morgan fingerprint density at radius 1 is 1.15 bits per heavy atom. The Bertz CT molecular complexity index is 945. The molecule has 8 heteroatoms. The molecule has 4 nitrogen and oxygen atoms in total. The van der Waals surface area contributed by atoms with Crippen molar-refractivity contribution in [1.29, 1.82) is 0 Å². The molecule has 0 radical (unpaired) electrons. The molecule has 3 aromatic rings. The Morgan fingerprint density at radius 2 is 1.85 bits per heavy atom. The Labute approximate surface area is 154 Å². The molecule has 0 aliphatic heterocycles. The van der Waals surface area contributed by atoms with Gasteiger partial charge in [0.15, 0.2) is 11.3 Å². The Morgan fingerprint density at radius 3 is 2.42 bits per heavy atom. The van der Waals surface area contributed by atoms with E-state index >= 15 is 0 Å². The number of nitrogens with zero attached hydrogens (tertiary/aromatic N) is 4. The number of imidazole rings is 1. The van der Waals surface area contributed by atoms with Crippen LogP contribution in [0.1, 0.15) is 44.0 Å². The van der Waals surface area contributed by atoms with Crippen molar-refractivity contribution < 1.29 is 13.2 Å². The number of alkyl halides is 3. The van der Waals surface area contributed by atoms with Gasteiger partial charge in [0.25, 0.3) is 0 Å². The summed E-state index contributed by atoms with van der Waals surface area (Å²) in [6.07, 6.45) is -0.856. The Balaban J connectivity index is 2.11. The summed E-state index contributed by atoms with van der Waals surface area (Å²) in [7, 11) is 0. The number of hydrogen-bond acceptors (Lipinski definition) is 3. The average Bonchev–Trinajstić information content (AvgIpc) is 2.97. The van der Waals surface area contributed by atoms with Crippen LogP contribution in [0.25, 0.3) is 22.6 Å². The SMILES string of the molecule is CCC(CC)n1cnc2nc(-c3ccc(C(F)(F)F)cc3Cl)c(C)nc21. The van der Waals surface area contributed by atoms with Crippen LogP contribution in [0.4, 0.5) is 13.2 Å². The van der Waals surface area contributed by atoms with Gasteiger partial charge < -0.3 is 4.57 Å². The monoisotopic (exact) mass is 382 g/mol. The van der Waals surface area contributed by atoms with Gasteiger partial charge in [0.05, 0.1) is 28.3 Å². The van der Waals surface area contributed by atoms with E-state index in [4.69, 9.17) is 11.6 Å². The van der Waals surface area contributed by atoms with E-state index in [2.05, 4.69) is 28.8 Å². The van der Waals surface area contributed by atoms with E-state index in [0.29, 0.717) is 28.2 Å². The zero-order valence-electron chi connectivity index (χ0n) is 14.6. The number of fused-ring (bicyclic) bond motifs is 1. The Kier molecular flexibility index (Phi) is 4.92. The van der Waals surface area contributed by atoms with Crippen LogP contribution in [0.5, 0.6) is 0 Å². The molecule has 0 aliphatic carbocycles. The molecule has 2 aromatic heterocycles. The second-order valence-electron chi connectivity index (χ2n) is 6.12. The van der Waals surface area contributed by atoms with Crippen LogP contribution >= 0.6 is 11.6 Å². The maximum atomic E-state index is 12.8. The van der Waals surface area contributed by atoms with Crippen molar-refractivity contribution in [3.8, 4) is 11.3 Å². The molecule has 1 aromatic carbocycles. The van der Waals surface area contributed by atoms with Crippen molar-refractivity contribution in [3.05, 3.63) is 40.8 Å². The Hall–Kier alpha value is -2.15. The molecule has 0 saturated carbocycles. The first kappa shape index (κ1) is 18.6. The number of benzene rings is 1. The zero-order chi connectivity index (χ0) is 19.1. The van der Waals surface area contributed by atoms with E-state index in [0.717, 1.165) is 25.0 Å². The first-order valence-corrected chi connectivity index (χ1v) is 8.72. The average molecular weight is 383 g/mol. The fraction of sp³-hybridized carbons (Fsp3) is 0.389. The highest BCUT2D eigenvalue weighted by Crippen LogP contribution is 2.36. The van der Waals surface area contributed by atoms with Gasteiger partial charge >= 0.3 is 6.18 Å². The normalized spacial score (nSPS) is 12.3. The van der Waals surface area contributed by atoms with E-state index in [-0.39, 0.29) is 11.1 Å². The van der Waals surface area contributed by atoms with Gasteiger partial charge in [-0.1, -0.05) is 31.5 Å². The second-order valence-corrected chi connectivity index (χ2v) is 6.53. The summed E-state index contributed by atoms with van der Waals surface area (Å²) in [5.41, 5.74) is 1.76. The van der Waals surface area contributed by atoms with Crippen LogP contribution in [0.3, 0.4) is 0 Å². The summed E-state index contributed by atoms with van der Waals surface area (Å²) < 4.78 is 40.5. The number of aryl methyl sites for hydroxylation is 1. The molecule has 0 unspecified atom stereocenters. The lowest BCUT2D eigenvalue weighted by atomic mass is 10.1. The lowest BCUT2D eigenvalue weighted by molar-refractivity contribution is -0.137. The first-order chi connectivity index (χ1) is 12.3. The molecule has 0 fully saturated rings. The standard InChI is InChI=1S/C18H18ClF3N4/c1-4-12(5-2)26-9-23-16-17(26)24-10(3)15(25-16)13-7-6-11(8-14(13)19)18(20,21)22/h6-9,12H,4-5H2,1-3H3. The fourth-order valence-electron chi connectivity index (χ4n) is 3.02. The molecule has 0 saturated heterocycles. The molecule has 2 heterocycles. The minimum Gasteiger partial charge on any atom is -0.311 e. The summed E-state index contributed by atoms with van der Waals surface area (Å²) in [6, 6.07) is 3.50. The molecule has 0 spiro atoms. The summed E-state index contributed by atoms with van der Waals surface area (Å²) in [5, 5.41) is -0.0176. The van der Waals surface area contributed by atoms with E-state index in [1.54, 1.807) is 13.3 Å². The van der Waals surface area contributed by atoms with Crippen molar-refractivity contribution in [2.45, 2.75) is 45.8 Å². The van der Waals surface area contributed by atoms with Gasteiger partial charge in [-0.05, 0) is 31.9 Å². The fourth-order valence-corrected chi connectivity index (χ4v) is 3.29. The van der Waals surface area contributed by atoms with Crippen molar-refractivity contribution in [2.24, 2.45) is 0 Å². The first-order valence-electron chi connectivity index (χ1n) is 8.34. The quantitative estimate of drug-likeness (QED) is 0.569. The highest BCUT2D eigenvalue weighted by molar-refractivity contribution is 6.33. The molecule has 26 heavy (non-hydrogen) atoms. The number of rotatable bonds is 4. The smallest absolute Gasteiger partial charge is 0.311 e. The third-order valence-electron chi connectivity index (χ3n) is 4.47. The second kappa shape index (κ2) is 6.87. The molecule has 0 N–H and O–H groups in total. The van der Waals surface area contributed by atoms with Gasteiger partial charge in [-0.15, -0.1) is 0 Å². The molecule has 0 aliphatic rings. The predicted octanol–water partition coefficient (Wildman–Crippen LogP) is 5.84. The molecule has 0 amide bonds. The van der Waals surface area contributed by atoms with Crippen molar-refractivity contribution in [2.75, 3.05) is 0 Å². The molecule has 0 bridgehead atoms. The third kappa shape index (κ3) is 3.28. The van der Waals surface area contributed by atoms with Crippen LogP contribution < -0.4 is 0 Å². The molecular formula is C18H18ClF3N4. The van der Waals surface area contributed by atoms with Gasteiger partial charge in [0.2, 0.25) is 0 Å². The lowest BCUT2D eigenvalue weighted by Gasteiger charge is -2.15. The molecule has 3 rings (SSSR count). The van der Waals surface area contributed by atoms with Gasteiger partial charge in [-0.25, -0.2) is 15.0 Å². The summed E-state index contributed by atoms with van der Waals surface area (Å²) in [6.45, 7) is 5.95. The predicted molar refractivity (Wildman–Crippen MR) is 95.1 cm³/mol. The van der Waals surface area contributed by atoms with Gasteiger partial charge in [-0.3, -0.25) is 0 Å². The largest absolute Gasteiger partial charge is 0.416 e. The van der Waals surface area contributed by atoms with Crippen molar-refractivity contribution >= 4 is 22.9 Å². The molecular weight excluding hydrogens is 365 g/mol. The highest BCUT2D eigenvalue weighted by atomic mass is 35.5. The topological polar surface area (TPSA) is 43.6 Å². The molecule has 0 atom stereocenters. The number of aromatic nitrogens is 4. The minimum absolute atomic E-state index is 0.0176. The van der Waals surface area contributed by atoms with Gasteiger partial charge in [0.1, 0.15) is 0 Å². The lowest BCUT2D eigenvalue weighted by Crippen LogP contribution is -2.07. The van der Waals surface area contributed by atoms with E-state index in [1.165, 1.54) is 6.07 Å². The molecule has 138 valence electrons. The van der Waals surface area contributed by atoms with Crippen LogP contribution in [0.2, 0.25) is 5.02 Å². The highest BCUT2D eigenvalue weighted by Gasteiger charge is 2.31. The van der Waals surface area contributed by atoms with E-state index < -0.39 is 11.7 Å². The zero-order valence-corrected chi connectivity index (χ0v) is 15.4. The maximum Gasteiger partial charge on any atom is 0.416 e. The van der Waals surface area contributed by atoms with Crippen molar-refractivity contribution in [1.82, 2.24) is 19.5 Å². The van der Waals surface area contributed by atoms with E-state index in [1.807, 2.05) is 4.57 Å². The van der Waals surface area contributed by atoms with Gasteiger partial charge in [0, 0.05) is 11.6 Å². The van der Waals surface area contributed by atoms with E-state index in [9.17, 15) is 13.2 Å². The maximum absolute atomic E-state index is 12.8. The van der Waals surface area contributed by atoms with Crippen LogP contribution in [-0.4, -0.2) is 19.5 Å². The van der Waals surface area contributed by atoms with Crippen LogP contribution in [0, 0.1) is 6.92 Å². The summed E-state index contributed by atoms with van der Waals surface area (Å²) >= 11 is 6.10. The van der Waals surface area contributed by atoms with Crippen LogP contribution in [-0.2, 0) is 6.18 Å². The van der Waals surface area contributed by atoms with Crippen LogP contribution in [0.15, 0.2) is 24.5 Å². The number of hydrogen-bond donors (Lipinski definition) is 0. The van der Waals surface area contributed by atoms with Crippen molar-refractivity contribution in [3.63, 3.8) is 0 Å². The number of halogens is 4.